The van der Waals surface area contributed by atoms with Crippen LogP contribution in [-0.4, -0.2) is 40.0 Å². The summed E-state index contributed by atoms with van der Waals surface area (Å²) in [6, 6.07) is 0. The highest BCUT2D eigenvalue weighted by molar-refractivity contribution is 6.30. The SMILES string of the molecule is CCCC[C@H]1[C@H]([C@@H]2CC[C@H](C(=O)Cn3cc(Cl)cn3)C2)CC[C@@H]2C[C@](C)(O)CC[C@@]21COC. The second-order valence-corrected chi connectivity index (χ2v) is 12.1. The number of hydrogen-bond acceptors (Lipinski definition) is 4. The number of halogens is 1. The first-order valence-corrected chi connectivity index (χ1v) is 13.6. The van der Waals surface area contributed by atoms with Crippen LogP contribution >= 0.6 is 11.6 Å². The molecule has 1 aromatic rings. The van der Waals surface area contributed by atoms with Crippen molar-refractivity contribution in [2.45, 2.75) is 96.6 Å². The summed E-state index contributed by atoms with van der Waals surface area (Å²) in [6.07, 6.45) is 15.5. The third kappa shape index (κ3) is 5.36. The van der Waals surface area contributed by atoms with E-state index in [1.165, 1.54) is 32.1 Å². The fourth-order valence-electron chi connectivity index (χ4n) is 7.91. The van der Waals surface area contributed by atoms with Crippen LogP contribution in [0.5, 0.6) is 0 Å². The van der Waals surface area contributed by atoms with Crippen LogP contribution in [0.15, 0.2) is 12.4 Å². The standard InChI is InChI=1S/C27H43ClN2O3/c1-4-5-6-24-23(10-9-21-14-26(2,32)11-12-27(21,24)18-33-3)19-7-8-20(13-19)25(31)17-30-16-22(28)15-29-30/h15-16,19-21,23-24,32H,4-14,17-18H2,1-3H3/t19-,20+,21-,23+,24+,26-,27-/m1/s1. The summed E-state index contributed by atoms with van der Waals surface area (Å²) in [5.74, 6) is 2.92. The molecule has 6 heteroatoms. The molecule has 1 N–H and O–H groups in total. The van der Waals surface area contributed by atoms with Crippen molar-refractivity contribution in [1.29, 1.82) is 0 Å². The first-order chi connectivity index (χ1) is 15.8. The fraction of sp³-hybridized carbons (Fsp3) is 0.852. The van der Waals surface area contributed by atoms with Gasteiger partial charge in [0, 0.05) is 19.2 Å². The van der Waals surface area contributed by atoms with E-state index in [1.54, 1.807) is 17.1 Å². The molecule has 3 aliphatic carbocycles. The molecular weight excluding hydrogens is 436 g/mol. The molecular formula is C27H43ClN2O3. The number of fused-ring (bicyclic) bond motifs is 1. The fourth-order valence-corrected chi connectivity index (χ4v) is 8.06. The number of carbonyl (C=O) groups excluding carboxylic acids is 1. The van der Waals surface area contributed by atoms with Gasteiger partial charge in [0.2, 0.25) is 0 Å². The van der Waals surface area contributed by atoms with Gasteiger partial charge in [-0.15, -0.1) is 0 Å². The van der Waals surface area contributed by atoms with Crippen LogP contribution in [0.4, 0.5) is 0 Å². The normalized spacial score (nSPS) is 38.9. The number of methoxy groups -OCH3 is 1. The van der Waals surface area contributed by atoms with Gasteiger partial charge in [0.15, 0.2) is 5.78 Å². The Hall–Kier alpha value is -0.910. The number of aromatic nitrogens is 2. The zero-order valence-electron chi connectivity index (χ0n) is 20.8. The van der Waals surface area contributed by atoms with Crippen LogP contribution < -0.4 is 0 Å². The van der Waals surface area contributed by atoms with E-state index in [9.17, 15) is 9.90 Å². The van der Waals surface area contributed by atoms with Crippen LogP contribution in [0.1, 0.15) is 84.5 Å². The number of Topliss-reactive ketones (excluding diaryl/α,β-unsaturated/α-hetero) is 1. The Morgan fingerprint density at radius 3 is 2.82 bits per heavy atom. The van der Waals surface area contributed by atoms with Crippen molar-refractivity contribution in [3.8, 4) is 0 Å². The van der Waals surface area contributed by atoms with E-state index in [1.807, 2.05) is 14.0 Å². The monoisotopic (exact) mass is 478 g/mol. The number of carbonyl (C=O) groups is 1. The Kier molecular flexibility index (Phi) is 7.92. The lowest BCUT2D eigenvalue weighted by Gasteiger charge is -2.59. The highest BCUT2D eigenvalue weighted by Gasteiger charge is 2.56. The molecule has 1 aromatic heterocycles. The van der Waals surface area contributed by atoms with E-state index in [4.69, 9.17) is 16.3 Å². The molecule has 0 radical (unpaired) electrons. The van der Waals surface area contributed by atoms with Crippen molar-refractivity contribution < 1.29 is 14.6 Å². The zero-order chi connectivity index (χ0) is 23.6. The van der Waals surface area contributed by atoms with Gasteiger partial charge in [0.05, 0.1) is 30.0 Å². The Morgan fingerprint density at radius 2 is 2.12 bits per heavy atom. The summed E-state index contributed by atoms with van der Waals surface area (Å²) in [4.78, 5) is 13.0. The minimum Gasteiger partial charge on any atom is -0.390 e. The number of nitrogens with zero attached hydrogens (tertiary/aromatic N) is 2. The Balaban J connectivity index is 1.49. The summed E-state index contributed by atoms with van der Waals surface area (Å²) in [5, 5.41) is 15.6. The van der Waals surface area contributed by atoms with Crippen molar-refractivity contribution in [2.75, 3.05) is 13.7 Å². The number of hydrogen-bond donors (Lipinski definition) is 1. The molecule has 7 atom stereocenters. The van der Waals surface area contributed by atoms with Crippen LogP contribution in [0, 0.1) is 35.0 Å². The summed E-state index contributed by atoms with van der Waals surface area (Å²) in [6.45, 7) is 5.46. The van der Waals surface area contributed by atoms with Gasteiger partial charge in [-0.05, 0) is 93.8 Å². The molecule has 0 spiro atoms. The topological polar surface area (TPSA) is 64.4 Å². The van der Waals surface area contributed by atoms with Crippen LogP contribution in [0.2, 0.25) is 5.02 Å². The highest BCUT2D eigenvalue weighted by Crippen LogP contribution is 2.61. The lowest BCUT2D eigenvalue weighted by molar-refractivity contribution is -0.152. The molecule has 0 aliphatic heterocycles. The van der Waals surface area contributed by atoms with Crippen molar-refractivity contribution in [1.82, 2.24) is 9.78 Å². The molecule has 186 valence electrons. The average molecular weight is 479 g/mol. The minimum absolute atomic E-state index is 0.146. The summed E-state index contributed by atoms with van der Waals surface area (Å²) in [5.41, 5.74) is -0.354. The van der Waals surface area contributed by atoms with E-state index >= 15 is 0 Å². The van der Waals surface area contributed by atoms with Gasteiger partial charge in [-0.25, -0.2) is 0 Å². The van der Waals surface area contributed by atoms with Crippen molar-refractivity contribution >= 4 is 17.4 Å². The third-order valence-corrected chi connectivity index (χ3v) is 9.66. The Morgan fingerprint density at radius 1 is 1.30 bits per heavy atom. The maximum Gasteiger partial charge on any atom is 0.157 e. The van der Waals surface area contributed by atoms with Crippen molar-refractivity contribution in [2.24, 2.45) is 35.0 Å². The van der Waals surface area contributed by atoms with Crippen molar-refractivity contribution in [3.05, 3.63) is 17.4 Å². The molecule has 0 aromatic carbocycles. The van der Waals surface area contributed by atoms with Gasteiger partial charge in [0.25, 0.3) is 0 Å². The van der Waals surface area contributed by atoms with Gasteiger partial charge in [-0.1, -0.05) is 31.4 Å². The molecule has 0 amide bonds. The van der Waals surface area contributed by atoms with Crippen LogP contribution in [0.25, 0.3) is 0 Å². The lowest BCUT2D eigenvalue weighted by atomic mass is 9.47. The number of rotatable bonds is 9. The van der Waals surface area contributed by atoms with Gasteiger partial charge >= 0.3 is 0 Å². The maximum absolute atomic E-state index is 13.0. The number of ketones is 1. The average Bonchev–Trinajstić information content (AvgIpc) is 3.41. The predicted molar refractivity (Wildman–Crippen MR) is 131 cm³/mol. The van der Waals surface area contributed by atoms with E-state index < -0.39 is 5.60 Å². The van der Waals surface area contributed by atoms with Gasteiger partial charge in [-0.3, -0.25) is 9.48 Å². The molecule has 1 heterocycles. The predicted octanol–water partition coefficient (Wildman–Crippen LogP) is 5.92. The molecule has 3 fully saturated rings. The molecule has 0 bridgehead atoms. The lowest BCUT2D eigenvalue weighted by Crippen LogP contribution is -2.55. The summed E-state index contributed by atoms with van der Waals surface area (Å²) < 4.78 is 7.58. The molecule has 3 aliphatic rings. The Labute approximate surface area is 204 Å². The van der Waals surface area contributed by atoms with E-state index in [0.717, 1.165) is 45.1 Å². The minimum atomic E-state index is -0.537. The van der Waals surface area contributed by atoms with E-state index in [0.29, 0.717) is 41.0 Å². The molecule has 0 saturated heterocycles. The van der Waals surface area contributed by atoms with Gasteiger partial charge < -0.3 is 9.84 Å². The number of aliphatic hydroxyl groups is 1. The summed E-state index contributed by atoms with van der Waals surface area (Å²) in [7, 11) is 1.85. The first-order valence-electron chi connectivity index (χ1n) is 13.2. The van der Waals surface area contributed by atoms with E-state index in [-0.39, 0.29) is 11.3 Å². The molecule has 3 saturated carbocycles. The van der Waals surface area contributed by atoms with Gasteiger partial charge in [-0.2, -0.15) is 5.10 Å². The van der Waals surface area contributed by atoms with Crippen molar-refractivity contribution in [3.63, 3.8) is 0 Å². The maximum atomic E-state index is 13.0. The van der Waals surface area contributed by atoms with Crippen LogP contribution in [-0.2, 0) is 16.1 Å². The third-order valence-electron chi connectivity index (χ3n) is 9.47. The second-order valence-electron chi connectivity index (χ2n) is 11.6. The van der Waals surface area contributed by atoms with E-state index in [2.05, 4.69) is 12.0 Å². The zero-order valence-corrected chi connectivity index (χ0v) is 21.5. The molecule has 33 heavy (non-hydrogen) atoms. The molecule has 5 nitrogen and oxygen atoms in total. The molecule has 4 rings (SSSR count). The van der Waals surface area contributed by atoms with Gasteiger partial charge in [0.1, 0.15) is 0 Å². The smallest absolute Gasteiger partial charge is 0.157 e. The first kappa shape index (κ1) is 25.2. The second kappa shape index (κ2) is 10.4. The van der Waals surface area contributed by atoms with Crippen LogP contribution in [0.3, 0.4) is 0 Å². The number of unbranched alkanes of at least 4 members (excludes halogenated alkanes) is 1. The highest BCUT2D eigenvalue weighted by atomic mass is 35.5. The summed E-state index contributed by atoms with van der Waals surface area (Å²) >= 11 is 5.98. The molecule has 0 unspecified atom stereocenters. The number of ether oxygens (including phenoxy) is 1. The largest absolute Gasteiger partial charge is 0.390 e. The quantitative estimate of drug-likeness (QED) is 0.478. The Bertz CT molecular complexity index is 809.